The van der Waals surface area contributed by atoms with Gasteiger partial charge in [-0.15, -0.1) is 0 Å². The predicted molar refractivity (Wildman–Crippen MR) is 81.3 cm³/mol. The summed E-state index contributed by atoms with van der Waals surface area (Å²) in [5, 5.41) is 4.19. The van der Waals surface area contributed by atoms with Crippen LogP contribution in [-0.4, -0.2) is 52.5 Å². The maximum atomic E-state index is 12.6. The Morgan fingerprint density at radius 2 is 2.22 bits per heavy atom. The molecule has 0 N–H and O–H groups in total. The third-order valence-electron chi connectivity index (χ3n) is 4.47. The molecule has 0 bridgehead atoms. The lowest BCUT2D eigenvalue weighted by Gasteiger charge is -2.37. The van der Waals surface area contributed by atoms with E-state index in [2.05, 4.69) is 15.0 Å². The van der Waals surface area contributed by atoms with Gasteiger partial charge in [0.2, 0.25) is 11.1 Å². The van der Waals surface area contributed by atoms with Gasteiger partial charge in [0.25, 0.3) is 5.91 Å². The summed E-state index contributed by atoms with van der Waals surface area (Å²) in [5.41, 5.74) is 0.388. The first-order valence-corrected chi connectivity index (χ1v) is 8.07. The van der Waals surface area contributed by atoms with Crippen LogP contribution in [0.15, 0.2) is 21.3 Å². The second-order valence-corrected chi connectivity index (χ2v) is 6.46. The highest BCUT2D eigenvalue weighted by Crippen LogP contribution is 2.39. The van der Waals surface area contributed by atoms with E-state index in [0.717, 1.165) is 25.2 Å². The first kappa shape index (κ1) is 14.7. The highest BCUT2D eigenvalue weighted by molar-refractivity contribution is 6.32. The lowest BCUT2D eigenvalue weighted by atomic mass is 10.1. The Hall–Kier alpha value is -1.86. The van der Waals surface area contributed by atoms with Crippen molar-refractivity contribution in [3.05, 3.63) is 34.8 Å². The molecule has 2 aromatic rings. The Balaban J connectivity index is 1.53. The van der Waals surface area contributed by atoms with Gasteiger partial charge in [0.15, 0.2) is 5.82 Å². The van der Waals surface area contributed by atoms with E-state index in [1.165, 1.54) is 6.26 Å². The van der Waals surface area contributed by atoms with Gasteiger partial charge in [-0.3, -0.25) is 9.69 Å². The molecule has 2 aromatic heterocycles. The summed E-state index contributed by atoms with van der Waals surface area (Å²) < 4.78 is 10.4. The minimum atomic E-state index is -0.135. The normalized spacial score (nSPS) is 22.5. The van der Waals surface area contributed by atoms with Gasteiger partial charge in [0, 0.05) is 25.6 Å². The number of furan rings is 1. The van der Waals surface area contributed by atoms with Crippen molar-refractivity contribution < 1.29 is 13.7 Å². The highest BCUT2D eigenvalue weighted by Gasteiger charge is 2.35. The van der Waals surface area contributed by atoms with Gasteiger partial charge in [0.1, 0.15) is 6.04 Å². The van der Waals surface area contributed by atoms with Crippen molar-refractivity contribution in [3.8, 4) is 0 Å². The Bertz CT molecular complexity index is 724. The lowest BCUT2D eigenvalue weighted by molar-refractivity contribution is 0.0488. The van der Waals surface area contributed by atoms with Gasteiger partial charge in [-0.2, -0.15) is 4.98 Å². The summed E-state index contributed by atoms with van der Waals surface area (Å²) in [5.74, 6) is 1.67. The number of nitrogens with zero attached hydrogens (tertiary/aromatic N) is 4. The molecule has 1 amide bonds. The van der Waals surface area contributed by atoms with Crippen LogP contribution >= 0.6 is 11.6 Å². The predicted octanol–water partition coefficient (Wildman–Crippen LogP) is 2.32. The number of rotatable bonds is 3. The van der Waals surface area contributed by atoms with Gasteiger partial charge in [-0.05, 0) is 37.6 Å². The molecule has 1 saturated carbocycles. The fraction of sp³-hybridized carbons (Fsp3) is 0.533. The van der Waals surface area contributed by atoms with Crippen molar-refractivity contribution in [2.24, 2.45) is 0 Å². The van der Waals surface area contributed by atoms with Crippen LogP contribution in [0.25, 0.3) is 0 Å². The quantitative estimate of drug-likeness (QED) is 0.856. The second-order valence-electron chi connectivity index (χ2n) is 6.12. The molecule has 0 radical (unpaired) electrons. The zero-order chi connectivity index (χ0) is 16.0. The Morgan fingerprint density at radius 1 is 1.39 bits per heavy atom. The number of hydrogen-bond acceptors (Lipinski definition) is 6. The maximum Gasteiger partial charge on any atom is 0.258 e. The minimum absolute atomic E-state index is 0.0987. The van der Waals surface area contributed by atoms with Crippen LogP contribution in [0, 0.1) is 0 Å². The van der Waals surface area contributed by atoms with E-state index in [9.17, 15) is 4.79 Å². The molecule has 0 unspecified atom stereocenters. The Morgan fingerprint density at radius 3 is 2.91 bits per heavy atom. The molecule has 2 aliphatic rings. The summed E-state index contributed by atoms with van der Waals surface area (Å²) in [7, 11) is 2.00. The molecule has 122 valence electrons. The largest absolute Gasteiger partial charge is 0.452 e. The molecular formula is C15H17ClN4O3. The number of piperazine rings is 1. The molecule has 1 atom stereocenters. The average molecular weight is 337 g/mol. The van der Waals surface area contributed by atoms with Gasteiger partial charge < -0.3 is 13.8 Å². The molecule has 23 heavy (non-hydrogen) atoms. The van der Waals surface area contributed by atoms with Gasteiger partial charge in [-0.1, -0.05) is 5.16 Å². The van der Waals surface area contributed by atoms with E-state index in [-0.39, 0.29) is 17.2 Å². The van der Waals surface area contributed by atoms with Crippen LogP contribution in [0.3, 0.4) is 0 Å². The topological polar surface area (TPSA) is 75.6 Å². The summed E-state index contributed by atoms with van der Waals surface area (Å²) in [6.45, 7) is 1.84. The number of carbonyl (C=O) groups is 1. The number of halogens is 1. The number of hydrogen-bond donors (Lipinski definition) is 0. The standard InChI is InChI=1S/C15H17ClN4O3/c1-19-5-6-20(15(21)10-4-7-22-12(10)16)8-11(19)14-17-13(18-23-14)9-2-3-9/h4,7,9,11H,2-3,5-6,8H2,1H3/t11-/m1/s1. The lowest BCUT2D eigenvalue weighted by Crippen LogP contribution is -2.49. The van der Waals surface area contributed by atoms with Crippen molar-refractivity contribution in [2.75, 3.05) is 26.7 Å². The van der Waals surface area contributed by atoms with E-state index >= 15 is 0 Å². The smallest absolute Gasteiger partial charge is 0.258 e. The van der Waals surface area contributed by atoms with Crippen LogP contribution in [0.4, 0.5) is 0 Å². The first-order chi connectivity index (χ1) is 11.1. The Kier molecular flexibility index (Phi) is 3.61. The second kappa shape index (κ2) is 5.65. The van der Waals surface area contributed by atoms with Crippen molar-refractivity contribution in [1.82, 2.24) is 19.9 Å². The average Bonchev–Trinajstić information content (AvgIpc) is 3.12. The third kappa shape index (κ3) is 2.74. The molecule has 8 heteroatoms. The van der Waals surface area contributed by atoms with E-state index in [1.807, 2.05) is 7.05 Å². The van der Waals surface area contributed by atoms with Crippen LogP contribution in [-0.2, 0) is 0 Å². The van der Waals surface area contributed by atoms with E-state index < -0.39 is 0 Å². The molecule has 0 spiro atoms. The molecule has 1 saturated heterocycles. The van der Waals surface area contributed by atoms with Gasteiger partial charge >= 0.3 is 0 Å². The first-order valence-electron chi connectivity index (χ1n) is 7.69. The Labute approximate surface area is 138 Å². The zero-order valence-corrected chi connectivity index (χ0v) is 13.5. The monoisotopic (exact) mass is 336 g/mol. The fourth-order valence-electron chi connectivity index (χ4n) is 2.83. The molecular weight excluding hydrogens is 320 g/mol. The third-order valence-corrected chi connectivity index (χ3v) is 4.76. The molecule has 3 heterocycles. The molecule has 1 aliphatic heterocycles. The number of carbonyl (C=O) groups excluding carboxylic acids is 1. The minimum Gasteiger partial charge on any atom is -0.452 e. The zero-order valence-electron chi connectivity index (χ0n) is 12.7. The molecule has 1 aliphatic carbocycles. The van der Waals surface area contributed by atoms with Gasteiger partial charge in [0.05, 0.1) is 11.8 Å². The number of amides is 1. The summed E-state index contributed by atoms with van der Waals surface area (Å²) in [6.07, 6.45) is 3.68. The van der Waals surface area contributed by atoms with Gasteiger partial charge in [-0.25, -0.2) is 0 Å². The number of aromatic nitrogens is 2. The van der Waals surface area contributed by atoms with E-state index in [0.29, 0.717) is 30.5 Å². The molecule has 4 rings (SSSR count). The summed E-state index contributed by atoms with van der Waals surface area (Å²) in [6, 6.07) is 1.49. The molecule has 7 nitrogen and oxygen atoms in total. The van der Waals surface area contributed by atoms with Crippen LogP contribution in [0.1, 0.15) is 46.9 Å². The molecule has 2 fully saturated rings. The van der Waals surface area contributed by atoms with Crippen LogP contribution in [0.2, 0.25) is 5.22 Å². The SMILES string of the molecule is CN1CCN(C(=O)c2ccoc2Cl)C[C@@H]1c1nc(C2CC2)no1. The summed E-state index contributed by atoms with van der Waals surface area (Å²) in [4.78, 5) is 21.0. The highest BCUT2D eigenvalue weighted by atomic mass is 35.5. The van der Waals surface area contributed by atoms with Crippen LogP contribution in [0.5, 0.6) is 0 Å². The molecule has 0 aromatic carbocycles. The maximum absolute atomic E-state index is 12.6. The van der Waals surface area contributed by atoms with Crippen molar-refractivity contribution >= 4 is 17.5 Å². The van der Waals surface area contributed by atoms with Crippen LogP contribution < -0.4 is 0 Å². The fourth-order valence-corrected chi connectivity index (χ4v) is 3.03. The van der Waals surface area contributed by atoms with E-state index in [1.54, 1.807) is 11.0 Å². The van der Waals surface area contributed by atoms with Crippen molar-refractivity contribution in [3.63, 3.8) is 0 Å². The summed E-state index contributed by atoms with van der Waals surface area (Å²) >= 11 is 5.92. The van der Waals surface area contributed by atoms with Crippen molar-refractivity contribution in [2.45, 2.75) is 24.8 Å². The van der Waals surface area contributed by atoms with E-state index in [4.69, 9.17) is 20.5 Å². The van der Waals surface area contributed by atoms with Crippen molar-refractivity contribution in [1.29, 1.82) is 0 Å². The number of likely N-dealkylation sites (N-methyl/N-ethyl adjacent to an activating group) is 1.